The van der Waals surface area contributed by atoms with Gasteiger partial charge in [0, 0.05) is 7.05 Å². The number of sulfonamides is 1. The molecule has 0 saturated carbocycles. The molecule has 0 aliphatic carbocycles. The van der Waals surface area contributed by atoms with Crippen molar-refractivity contribution >= 4 is 15.7 Å². The number of rotatable bonds is 3. The van der Waals surface area contributed by atoms with Crippen LogP contribution < -0.4 is 10.0 Å². The molecule has 2 N–H and O–H groups in total. The van der Waals surface area contributed by atoms with E-state index in [-0.39, 0.29) is 0 Å². The Labute approximate surface area is 102 Å². The molecule has 94 valence electrons. The van der Waals surface area contributed by atoms with Gasteiger partial charge in [-0.05, 0) is 37.9 Å². The smallest absolute Gasteiger partial charge is 0.244 e. The zero-order valence-corrected chi connectivity index (χ0v) is 11.0. The van der Waals surface area contributed by atoms with Crippen LogP contribution in [-0.2, 0) is 14.8 Å². The molecule has 0 amide bonds. The normalized spacial score (nSPS) is 25.9. The minimum atomic E-state index is -3.32. The van der Waals surface area contributed by atoms with Crippen LogP contribution in [0, 0.1) is 0 Å². The summed E-state index contributed by atoms with van der Waals surface area (Å²) in [5, 5.41) is 0. The van der Waals surface area contributed by atoms with Gasteiger partial charge in [-0.2, -0.15) is 0 Å². The van der Waals surface area contributed by atoms with Crippen LogP contribution >= 0.6 is 0 Å². The van der Waals surface area contributed by atoms with Crippen LogP contribution in [0.3, 0.4) is 0 Å². The maximum Gasteiger partial charge on any atom is 0.244 e. The van der Waals surface area contributed by atoms with E-state index in [0.717, 1.165) is 11.3 Å². The fourth-order valence-corrected chi connectivity index (χ4v) is 4.34. The Balaban J connectivity index is 2.58. The summed E-state index contributed by atoms with van der Waals surface area (Å²) in [5.41, 5.74) is 7.17. The van der Waals surface area contributed by atoms with E-state index in [9.17, 15) is 8.42 Å². The van der Waals surface area contributed by atoms with Crippen LogP contribution in [0.15, 0.2) is 24.3 Å². The molecule has 4 nitrogen and oxygen atoms in total. The molecule has 0 saturated heterocycles. The molecule has 0 fully saturated rings. The van der Waals surface area contributed by atoms with Crippen molar-refractivity contribution in [3.8, 4) is 0 Å². The Morgan fingerprint density at radius 1 is 1.35 bits per heavy atom. The number of nitrogens with two attached hydrogens (primary N) is 1. The zero-order chi connectivity index (χ0) is 12.7. The first kappa shape index (κ1) is 12.4. The van der Waals surface area contributed by atoms with Crippen LogP contribution in [0.5, 0.6) is 0 Å². The van der Waals surface area contributed by atoms with Crippen LogP contribution in [0.4, 0.5) is 5.69 Å². The third kappa shape index (κ3) is 1.57. The molecular formula is C12H18N2O2S. The summed E-state index contributed by atoms with van der Waals surface area (Å²) in [6, 6.07) is 7.49. The van der Waals surface area contributed by atoms with Gasteiger partial charge in [0.2, 0.25) is 10.0 Å². The van der Waals surface area contributed by atoms with Gasteiger partial charge in [-0.25, -0.2) is 8.42 Å². The fraction of sp³-hybridized carbons (Fsp3) is 0.500. The summed E-state index contributed by atoms with van der Waals surface area (Å²) in [7, 11) is -1.71. The van der Waals surface area contributed by atoms with Gasteiger partial charge in [0.15, 0.2) is 0 Å². The number of hydrogen-bond acceptors (Lipinski definition) is 3. The van der Waals surface area contributed by atoms with E-state index < -0.39 is 14.8 Å². The summed E-state index contributed by atoms with van der Waals surface area (Å²) < 4.78 is 25.5. The summed E-state index contributed by atoms with van der Waals surface area (Å²) in [6.45, 7) is 2.30. The van der Waals surface area contributed by atoms with Crippen LogP contribution in [0.2, 0.25) is 0 Å². The number of nitrogens with zero attached hydrogens (tertiary/aromatic N) is 1. The number of anilines is 1. The van der Waals surface area contributed by atoms with Crippen molar-refractivity contribution in [2.24, 2.45) is 5.73 Å². The van der Waals surface area contributed by atoms with Gasteiger partial charge < -0.3 is 5.73 Å². The first-order chi connectivity index (χ1) is 7.95. The van der Waals surface area contributed by atoms with Crippen LogP contribution in [0.1, 0.15) is 25.3 Å². The Kier molecular flexibility index (Phi) is 2.91. The van der Waals surface area contributed by atoms with Gasteiger partial charge in [-0.15, -0.1) is 0 Å². The highest BCUT2D eigenvalue weighted by atomic mass is 32.2. The predicted octanol–water partition coefficient (Wildman–Crippen LogP) is 1.42. The van der Waals surface area contributed by atoms with E-state index in [1.54, 1.807) is 14.0 Å². The van der Waals surface area contributed by atoms with Gasteiger partial charge in [-0.1, -0.05) is 18.2 Å². The highest BCUT2D eigenvalue weighted by molar-refractivity contribution is 7.94. The molecule has 1 aliphatic rings. The van der Waals surface area contributed by atoms with Gasteiger partial charge in [-0.3, -0.25) is 4.31 Å². The van der Waals surface area contributed by atoms with E-state index in [0.29, 0.717) is 19.4 Å². The molecule has 0 bridgehead atoms. The monoisotopic (exact) mass is 254 g/mol. The molecule has 0 aromatic heterocycles. The number of para-hydroxylation sites is 1. The fourth-order valence-electron chi connectivity index (χ4n) is 2.47. The molecule has 17 heavy (non-hydrogen) atoms. The molecule has 0 radical (unpaired) electrons. The molecular weight excluding hydrogens is 236 g/mol. The van der Waals surface area contributed by atoms with Crippen LogP contribution in [-0.4, -0.2) is 22.0 Å². The van der Waals surface area contributed by atoms with E-state index in [2.05, 4.69) is 0 Å². The Hall–Kier alpha value is -1.07. The Morgan fingerprint density at radius 2 is 2.00 bits per heavy atom. The van der Waals surface area contributed by atoms with Gasteiger partial charge in [0.25, 0.3) is 0 Å². The second-order valence-corrected chi connectivity index (χ2v) is 7.01. The minimum absolute atomic E-state index is 0.511. The largest absolute Gasteiger partial charge is 0.330 e. The molecule has 1 aromatic carbocycles. The summed E-state index contributed by atoms with van der Waals surface area (Å²) in [6.07, 6.45) is 1.27. The quantitative estimate of drug-likeness (QED) is 0.887. The van der Waals surface area contributed by atoms with E-state index in [4.69, 9.17) is 5.73 Å². The van der Waals surface area contributed by atoms with Gasteiger partial charge in [0.05, 0.1) is 5.69 Å². The van der Waals surface area contributed by atoms with E-state index >= 15 is 0 Å². The lowest BCUT2D eigenvalue weighted by Gasteiger charge is -2.24. The maximum atomic E-state index is 12.5. The molecule has 1 aliphatic heterocycles. The number of fused-ring (bicyclic) bond motifs is 1. The topological polar surface area (TPSA) is 63.4 Å². The molecule has 0 spiro atoms. The van der Waals surface area contributed by atoms with Gasteiger partial charge in [0.1, 0.15) is 4.75 Å². The first-order valence-electron chi connectivity index (χ1n) is 5.73. The Morgan fingerprint density at radius 3 is 2.65 bits per heavy atom. The van der Waals surface area contributed by atoms with Crippen molar-refractivity contribution in [3.63, 3.8) is 0 Å². The van der Waals surface area contributed by atoms with Crippen molar-refractivity contribution in [3.05, 3.63) is 29.8 Å². The maximum absolute atomic E-state index is 12.5. The van der Waals surface area contributed by atoms with Crippen LogP contribution in [0.25, 0.3) is 0 Å². The lowest BCUT2D eigenvalue weighted by molar-refractivity contribution is 0.516. The molecule has 1 heterocycles. The zero-order valence-electron chi connectivity index (χ0n) is 10.2. The average Bonchev–Trinajstić information content (AvgIpc) is 2.48. The highest BCUT2D eigenvalue weighted by Crippen LogP contribution is 2.48. The first-order valence-corrected chi connectivity index (χ1v) is 7.17. The minimum Gasteiger partial charge on any atom is -0.330 e. The van der Waals surface area contributed by atoms with Crippen molar-refractivity contribution in [1.29, 1.82) is 0 Å². The average molecular weight is 254 g/mol. The van der Waals surface area contributed by atoms with Crippen molar-refractivity contribution in [2.45, 2.75) is 24.5 Å². The van der Waals surface area contributed by atoms with Gasteiger partial charge >= 0.3 is 0 Å². The molecule has 5 heteroatoms. The number of hydrogen-bond donors (Lipinski definition) is 1. The molecule has 1 atom stereocenters. The molecule has 1 unspecified atom stereocenters. The second kappa shape index (κ2) is 3.99. The molecule has 2 rings (SSSR count). The number of benzene rings is 1. The third-order valence-corrected chi connectivity index (χ3v) is 6.08. The Bertz CT molecular complexity index is 527. The van der Waals surface area contributed by atoms with Crippen molar-refractivity contribution < 1.29 is 8.42 Å². The van der Waals surface area contributed by atoms with E-state index in [1.165, 1.54) is 4.31 Å². The predicted molar refractivity (Wildman–Crippen MR) is 69.4 cm³/mol. The summed E-state index contributed by atoms with van der Waals surface area (Å²) in [4.78, 5) is 0. The van der Waals surface area contributed by atoms with Crippen molar-refractivity contribution in [2.75, 3.05) is 17.9 Å². The molecule has 1 aromatic rings. The second-order valence-electron chi connectivity index (χ2n) is 4.61. The SMILES string of the molecule is CN1c2ccccc2C(C)(CCCN)S1(=O)=O. The highest BCUT2D eigenvalue weighted by Gasteiger charge is 2.50. The lowest BCUT2D eigenvalue weighted by atomic mass is 9.94. The standard InChI is InChI=1S/C12H18N2O2S/c1-12(8-5-9-13)10-6-3-4-7-11(10)14(2)17(12,15)16/h3-4,6-7H,5,8-9,13H2,1-2H3. The van der Waals surface area contributed by atoms with E-state index in [1.807, 2.05) is 24.3 Å². The summed E-state index contributed by atoms with van der Waals surface area (Å²) >= 11 is 0. The summed E-state index contributed by atoms with van der Waals surface area (Å²) in [5.74, 6) is 0. The van der Waals surface area contributed by atoms with Crippen molar-refractivity contribution in [1.82, 2.24) is 0 Å². The third-order valence-electron chi connectivity index (χ3n) is 3.60. The lowest BCUT2D eigenvalue weighted by Crippen LogP contribution is -2.36.